The summed E-state index contributed by atoms with van der Waals surface area (Å²) >= 11 is 0. The fraction of sp³-hybridized carbons (Fsp3) is 0.538. The molecule has 100 valence electrons. The van der Waals surface area contributed by atoms with Gasteiger partial charge in [0.25, 0.3) is 0 Å². The third kappa shape index (κ3) is 2.55. The van der Waals surface area contributed by atoms with E-state index in [1.165, 1.54) is 16.8 Å². The lowest BCUT2D eigenvalue weighted by Gasteiger charge is -2.16. The minimum atomic E-state index is 0. The average Bonchev–Trinajstić information content (AvgIpc) is 2.98. The van der Waals surface area contributed by atoms with Gasteiger partial charge in [-0.2, -0.15) is 0 Å². The molecule has 18 heavy (non-hydrogen) atoms. The first-order valence-corrected chi connectivity index (χ1v) is 6.11. The quantitative estimate of drug-likeness (QED) is 0.881. The second-order valence-corrected chi connectivity index (χ2v) is 4.62. The summed E-state index contributed by atoms with van der Waals surface area (Å²) in [5, 5.41) is 6.95. The molecule has 0 spiro atoms. The Labute approximate surface area is 113 Å². The lowest BCUT2D eigenvalue weighted by atomic mass is 10.1. The van der Waals surface area contributed by atoms with Gasteiger partial charge in [0.2, 0.25) is 0 Å². The van der Waals surface area contributed by atoms with Crippen molar-refractivity contribution in [2.45, 2.75) is 25.6 Å². The van der Waals surface area contributed by atoms with Crippen LogP contribution in [0.2, 0.25) is 0 Å². The van der Waals surface area contributed by atoms with Crippen LogP contribution in [0.1, 0.15) is 17.5 Å². The maximum atomic E-state index is 5.40. The van der Waals surface area contributed by atoms with Gasteiger partial charge in [-0.05, 0) is 23.6 Å². The molecule has 0 aromatic heterocycles. The van der Waals surface area contributed by atoms with E-state index in [0.29, 0.717) is 6.04 Å². The molecule has 1 atom stereocenters. The zero-order valence-electron chi connectivity index (χ0n) is 10.5. The van der Waals surface area contributed by atoms with Crippen molar-refractivity contribution in [3.8, 4) is 5.75 Å². The molecule has 2 heterocycles. The van der Waals surface area contributed by atoms with E-state index in [9.17, 15) is 0 Å². The van der Waals surface area contributed by atoms with E-state index < -0.39 is 0 Å². The number of methoxy groups -OCH3 is 1. The molecule has 0 radical (unpaired) electrons. The van der Waals surface area contributed by atoms with Gasteiger partial charge in [-0.15, -0.1) is 12.4 Å². The zero-order valence-corrected chi connectivity index (χ0v) is 11.3. The standard InChI is InChI=1S/C13H18N2O2.ClH/c1-16-11-4-9-6-14-7-12(9)13(5-11)15-10-2-3-17-8-10;/h4-5,10,14-15H,2-3,6-8H2,1H3;1H/t10-;/m0./s1. The van der Waals surface area contributed by atoms with Gasteiger partial charge in [-0.3, -0.25) is 0 Å². The highest BCUT2D eigenvalue weighted by Gasteiger charge is 2.20. The van der Waals surface area contributed by atoms with Crippen LogP contribution in [-0.4, -0.2) is 26.4 Å². The van der Waals surface area contributed by atoms with Crippen LogP contribution in [0.3, 0.4) is 0 Å². The number of hydrogen-bond acceptors (Lipinski definition) is 4. The molecule has 2 N–H and O–H groups in total. The summed E-state index contributed by atoms with van der Waals surface area (Å²) in [4.78, 5) is 0. The number of rotatable bonds is 3. The molecule has 2 aliphatic rings. The molecule has 0 unspecified atom stereocenters. The molecule has 1 fully saturated rings. The van der Waals surface area contributed by atoms with Gasteiger partial charge in [-0.25, -0.2) is 0 Å². The minimum Gasteiger partial charge on any atom is -0.497 e. The summed E-state index contributed by atoms with van der Waals surface area (Å²) in [6.07, 6.45) is 1.08. The van der Waals surface area contributed by atoms with Gasteiger partial charge in [0.05, 0.1) is 19.8 Å². The highest BCUT2D eigenvalue weighted by atomic mass is 35.5. The fourth-order valence-electron chi connectivity index (χ4n) is 2.51. The molecule has 1 saturated heterocycles. The summed E-state index contributed by atoms with van der Waals surface area (Å²) in [5.74, 6) is 0.925. The van der Waals surface area contributed by atoms with Gasteiger partial charge in [0.1, 0.15) is 5.75 Å². The summed E-state index contributed by atoms with van der Waals surface area (Å²) in [6.45, 7) is 3.54. The lowest BCUT2D eigenvalue weighted by Crippen LogP contribution is -2.20. The Hall–Kier alpha value is -0.970. The van der Waals surface area contributed by atoms with Gasteiger partial charge in [0, 0.05) is 31.5 Å². The van der Waals surface area contributed by atoms with Crippen LogP contribution in [-0.2, 0) is 17.8 Å². The number of halogens is 1. The largest absolute Gasteiger partial charge is 0.497 e. The normalized spacial score (nSPS) is 21.3. The number of fused-ring (bicyclic) bond motifs is 1. The molecule has 0 amide bonds. The van der Waals surface area contributed by atoms with E-state index >= 15 is 0 Å². The Kier molecular flexibility index (Phi) is 4.32. The first-order valence-electron chi connectivity index (χ1n) is 6.11. The van der Waals surface area contributed by atoms with E-state index in [-0.39, 0.29) is 12.4 Å². The zero-order chi connectivity index (χ0) is 11.7. The van der Waals surface area contributed by atoms with Crippen molar-refractivity contribution >= 4 is 18.1 Å². The molecule has 3 rings (SSSR count). The van der Waals surface area contributed by atoms with E-state index in [1.54, 1.807) is 7.11 Å². The summed E-state index contributed by atoms with van der Waals surface area (Å²) < 4.78 is 10.7. The van der Waals surface area contributed by atoms with Crippen molar-refractivity contribution in [3.05, 3.63) is 23.3 Å². The smallest absolute Gasteiger partial charge is 0.121 e. The van der Waals surface area contributed by atoms with Crippen LogP contribution in [0.25, 0.3) is 0 Å². The molecule has 1 aromatic carbocycles. The third-order valence-corrected chi connectivity index (χ3v) is 3.46. The van der Waals surface area contributed by atoms with E-state index in [1.807, 2.05) is 0 Å². The van der Waals surface area contributed by atoms with Crippen molar-refractivity contribution in [2.75, 3.05) is 25.6 Å². The Morgan fingerprint density at radius 2 is 2.28 bits per heavy atom. The van der Waals surface area contributed by atoms with Crippen LogP contribution in [0.15, 0.2) is 12.1 Å². The number of hydrogen-bond donors (Lipinski definition) is 2. The van der Waals surface area contributed by atoms with Gasteiger partial charge >= 0.3 is 0 Å². The molecule has 5 heteroatoms. The lowest BCUT2D eigenvalue weighted by molar-refractivity contribution is 0.195. The molecular formula is C13H19ClN2O2. The molecule has 2 aliphatic heterocycles. The number of ether oxygens (including phenoxy) is 2. The number of benzene rings is 1. The van der Waals surface area contributed by atoms with Crippen LogP contribution < -0.4 is 15.4 Å². The predicted molar refractivity (Wildman–Crippen MR) is 73.6 cm³/mol. The number of nitrogens with one attached hydrogen (secondary N) is 2. The Morgan fingerprint density at radius 3 is 3.00 bits per heavy atom. The summed E-state index contributed by atoms with van der Waals surface area (Å²) in [7, 11) is 1.71. The maximum absolute atomic E-state index is 5.40. The molecule has 1 aromatic rings. The van der Waals surface area contributed by atoms with Gasteiger partial charge in [-0.1, -0.05) is 0 Å². The first kappa shape index (κ1) is 13.5. The van der Waals surface area contributed by atoms with Crippen molar-refractivity contribution in [3.63, 3.8) is 0 Å². The highest BCUT2D eigenvalue weighted by Crippen LogP contribution is 2.31. The second-order valence-electron chi connectivity index (χ2n) is 4.62. The fourth-order valence-corrected chi connectivity index (χ4v) is 2.51. The molecule has 0 saturated carbocycles. The third-order valence-electron chi connectivity index (χ3n) is 3.46. The van der Waals surface area contributed by atoms with Crippen molar-refractivity contribution in [1.29, 1.82) is 0 Å². The average molecular weight is 271 g/mol. The van der Waals surface area contributed by atoms with Crippen molar-refractivity contribution in [1.82, 2.24) is 5.32 Å². The number of anilines is 1. The Morgan fingerprint density at radius 1 is 1.39 bits per heavy atom. The predicted octanol–water partition coefficient (Wildman–Crippen LogP) is 1.92. The summed E-state index contributed by atoms with van der Waals surface area (Å²) in [5.41, 5.74) is 3.91. The highest BCUT2D eigenvalue weighted by molar-refractivity contribution is 5.85. The van der Waals surface area contributed by atoms with Crippen molar-refractivity contribution in [2.24, 2.45) is 0 Å². The molecule has 4 nitrogen and oxygen atoms in total. The molecular weight excluding hydrogens is 252 g/mol. The minimum absolute atomic E-state index is 0. The van der Waals surface area contributed by atoms with E-state index in [0.717, 1.165) is 38.5 Å². The molecule has 0 aliphatic carbocycles. The topological polar surface area (TPSA) is 42.5 Å². The summed E-state index contributed by atoms with van der Waals surface area (Å²) in [6, 6.07) is 4.64. The van der Waals surface area contributed by atoms with E-state index in [2.05, 4.69) is 22.8 Å². The Balaban J connectivity index is 0.00000120. The van der Waals surface area contributed by atoms with Crippen LogP contribution in [0.4, 0.5) is 5.69 Å². The van der Waals surface area contributed by atoms with Crippen LogP contribution in [0.5, 0.6) is 5.75 Å². The van der Waals surface area contributed by atoms with Gasteiger partial charge < -0.3 is 20.1 Å². The SMILES string of the molecule is COc1cc2c(c(N[C@H]3CCOC3)c1)CNC2.Cl. The Bertz CT molecular complexity index is 420. The second kappa shape index (κ2) is 5.78. The van der Waals surface area contributed by atoms with Crippen LogP contribution >= 0.6 is 12.4 Å². The van der Waals surface area contributed by atoms with Crippen LogP contribution in [0, 0.1) is 0 Å². The van der Waals surface area contributed by atoms with Crippen molar-refractivity contribution < 1.29 is 9.47 Å². The van der Waals surface area contributed by atoms with E-state index in [4.69, 9.17) is 9.47 Å². The monoisotopic (exact) mass is 270 g/mol. The van der Waals surface area contributed by atoms with Gasteiger partial charge in [0.15, 0.2) is 0 Å². The first-order chi connectivity index (χ1) is 8.36. The molecule has 0 bridgehead atoms. The maximum Gasteiger partial charge on any atom is 0.121 e.